The number of anilines is 1. The molecule has 1 aliphatic carbocycles. The third-order valence-electron chi connectivity index (χ3n) is 5.32. The number of amides is 1. The van der Waals surface area contributed by atoms with Gasteiger partial charge in [-0.05, 0) is 36.1 Å². The van der Waals surface area contributed by atoms with E-state index in [0.29, 0.717) is 12.3 Å². The highest BCUT2D eigenvalue weighted by Crippen LogP contribution is 2.38. The Kier molecular flexibility index (Phi) is 5.95. The van der Waals surface area contributed by atoms with Crippen molar-refractivity contribution in [3.63, 3.8) is 0 Å². The van der Waals surface area contributed by atoms with Crippen LogP contribution >= 0.6 is 0 Å². The van der Waals surface area contributed by atoms with Gasteiger partial charge in [-0.2, -0.15) is 5.10 Å². The van der Waals surface area contributed by atoms with Crippen LogP contribution in [0.25, 0.3) is 11.1 Å². The zero-order valence-electron chi connectivity index (χ0n) is 17.9. The van der Waals surface area contributed by atoms with E-state index in [4.69, 9.17) is 9.47 Å². The monoisotopic (exact) mass is 429 g/mol. The largest absolute Gasteiger partial charge is 0.448 e. The van der Waals surface area contributed by atoms with Gasteiger partial charge in [-0.1, -0.05) is 48.4 Å². The Morgan fingerprint density at radius 1 is 1.19 bits per heavy atom. The Morgan fingerprint density at radius 2 is 1.91 bits per heavy atom. The summed E-state index contributed by atoms with van der Waals surface area (Å²) in [6.07, 6.45) is 2.28. The molecule has 7 nitrogen and oxygen atoms in total. The Labute approximate surface area is 186 Å². The van der Waals surface area contributed by atoms with Crippen LogP contribution in [0.4, 0.5) is 10.6 Å². The molecule has 0 aliphatic heterocycles. The molecular weight excluding hydrogens is 406 g/mol. The minimum atomic E-state index is -0.613. The number of carbonyl (C=O) groups excluding carboxylic acids is 2. The van der Waals surface area contributed by atoms with Crippen molar-refractivity contribution in [2.45, 2.75) is 31.5 Å². The fourth-order valence-corrected chi connectivity index (χ4v) is 3.27. The van der Waals surface area contributed by atoms with Crippen molar-refractivity contribution in [3.8, 4) is 23.0 Å². The summed E-state index contributed by atoms with van der Waals surface area (Å²) >= 11 is 0. The van der Waals surface area contributed by atoms with Crippen LogP contribution in [0.3, 0.4) is 0 Å². The van der Waals surface area contributed by atoms with Gasteiger partial charge in [-0.15, -0.1) is 0 Å². The highest BCUT2D eigenvalue weighted by molar-refractivity contribution is 5.90. The van der Waals surface area contributed by atoms with Crippen LogP contribution in [0.1, 0.15) is 37.0 Å². The molecule has 0 saturated heterocycles. The summed E-state index contributed by atoms with van der Waals surface area (Å²) in [5.41, 5.74) is 2.75. The van der Waals surface area contributed by atoms with Crippen LogP contribution in [-0.4, -0.2) is 27.9 Å². The van der Waals surface area contributed by atoms with Crippen LogP contribution < -0.4 is 5.32 Å². The lowest BCUT2D eigenvalue weighted by Crippen LogP contribution is -2.18. The Morgan fingerprint density at radius 3 is 2.56 bits per heavy atom. The quantitative estimate of drug-likeness (QED) is 0.462. The summed E-state index contributed by atoms with van der Waals surface area (Å²) in [5, 5.41) is 7.07. The SMILES string of the molecule is CC(OC(=O)Nc1c(-c2ccc(C#CC3(OC=O)CC3)cc2)cnn1C)c1ccccc1. The predicted molar refractivity (Wildman–Crippen MR) is 120 cm³/mol. The molecule has 1 heterocycles. The lowest BCUT2D eigenvalue weighted by atomic mass is 10.1. The normalized spacial score (nSPS) is 14.4. The Hall–Kier alpha value is -4.05. The maximum absolute atomic E-state index is 12.5. The maximum Gasteiger partial charge on any atom is 0.413 e. The predicted octanol–water partition coefficient (Wildman–Crippen LogP) is 4.45. The number of nitrogens with zero attached hydrogens (tertiary/aromatic N) is 2. The molecule has 0 bridgehead atoms. The van der Waals surface area contributed by atoms with E-state index in [1.54, 1.807) is 17.9 Å². The third kappa shape index (κ3) is 4.81. The topological polar surface area (TPSA) is 82.4 Å². The van der Waals surface area contributed by atoms with E-state index in [0.717, 1.165) is 35.1 Å². The van der Waals surface area contributed by atoms with Crippen LogP contribution in [0.5, 0.6) is 0 Å². The standard InChI is InChI=1S/C25H23N3O4/c1-18(20-6-4-3-5-7-20)32-24(30)27-23-22(16-26-28(23)2)21-10-8-19(9-11-21)12-13-25(14-15-25)31-17-29/h3-11,16-18H,14-15H2,1-2H3,(H,27,30). The maximum atomic E-state index is 12.5. The van der Waals surface area contributed by atoms with Crippen LogP contribution in [0.15, 0.2) is 60.8 Å². The van der Waals surface area contributed by atoms with E-state index >= 15 is 0 Å². The number of aryl methyl sites for hydroxylation is 1. The molecule has 162 valence electrons. The van der Waals surface area contributed by atoms with Gasteiger partial charge in [-0.3, -0.25) is 14.8 Å². The summed E-state index contributed by atoms with van der Waals surface area (Å²) < 4.78 is 12.2. The van der Waals surface area contributed by atoms with Crippen molar-refractivity contribution < 1.29 is 19.1 Å². The average Bonchev–Trinajstić information content (AvgIpc) is 3.49. The number of ether oxygens (including phenoxy) is 2. The molecule has 1 amide bonds. The smallest absolute Gasteiger partial charge is 0.413 e. The van der Waals surface area contributed by atoms with Crippen LogP contribution in [0, 0.1) is 11.8 Å². The molecule has 1 N–H and O–H groups in total. The van der Waals surface area contributed by atoms with Crippen molar-refractivity contribution in [1.82, 2.24) is 9.78 Å². The molecule has 1 unspecified atom stereocenters. The van der Waals surface area contributed by atoms with Crippen LogP contribution in [-0.2, 0) is 21.3 Å². The minimum absolute atomic E-state index is 0.385. The van der Waals surface area contributed by atoms with E-state index in [9.17, 15) is 9.59 Å². The van der Waals surface area contributed by atoms with E-state index in [1.807, 2.05) is 61.5 Å². The lowest BCUT2D eigenvalue weighted by molar-refractivity contribution is -0.132. The van der Waals surface area contributed by atoms with Gasteiger partial charge < -0.3 is 9.47 Å². The second kappa shape index (κ2) is 8.98. The summed E-state index contributed by atoms with van der Waals surface area (Å²) in [7, 11) is 1.75. The van der Waals surface area contributed by atoms with E-state index in [2.05, 4.69) is 22.3 Å². The van der Waals surface area contributed by atoms with Crippen molar-refractivity contribution in [2.75, 3.05) is 5.32 Å². The second-order valence-electron chi connectivity index (χ2n) is 7.65. The van der Waals surface area contributed by atoms with Crippen molar-refractivity contribution >= 4 is 18.4 Å². The van der Waals surface area contributed by atoms with Crippen molar-refractivity contribution in [2.24, 2.45) is 7.05 Å². The molecule has 32 heavy (non-hydrogen) atoms. The molecule has 1 saturated carbocycles. The molecule has 1 atom stereocenters. The van der Waals surface area contributed by atoms with Gasteiger partial charge in [0.15, 0.2) is 5.60 Å². The fourth-order valence-electron chi connectivity index (χ4n) is 3.27. The first kappa shape index (κ1) is 21.2. The molecule has 4 rings (SSSR count). The highest BCUT2D eigenvalue weighted by Gasteiger charge is 2.43. The summed E-state index contributed by atoms with van der Waals surface area (Å²) in [6.45, 7) is 2.28. The molecule has 1 aliphatic rings. The van der Waals surface area contributed by atoms with Gasteiger partial charge in [0.2, 0.25) is 0 Å². The number of hydrogen-bond acceptors (Lipinski definition) is 5. The first-order chi connectivity index (χ1) is 15.5. The highest BCUT2D eigenvalue weighted by atomic mass is 16.6. The van der Waals surface area contributed by atoms with Gasteiger partial charge in [0.1, 0.15) is 11.9 Å². The molecule has 7 heteroatoms. The van der Waals surface area contributed by atoms with Crippen LogP contribution in [0.2, 0.25) is 0 Å². The second-order valence-corrected chi connectivity index (χ2v) is 7.65. The summed E-state index contributed by atoms with van der Waals surface area (Å²) in [4.78, 5) is 23.1. The molecule has 0 radical (unpaired) electrons. The van der Waals surface area contributed by atoms with Gasteiger partial charge in [0.05, 0.1) is 6.20 Å². The van der Waals surface area contributed by atoms with Gasteiger partial charge >= 0.3 is 6.09 Å². The molecule has 0 spiro atoms. The van der Waals surface area contributed by atoms with Gasteiger partial charge in [0, 0.05) is 31.0 Å². The van der Waals surface area contributed by atoms with Gasteiger partial charge in [-0.25, -0.2) is 4.79 Å². The third-order valence-corrected chi connectivity index (χ3v) is 5.32. The zero-order chi connectivity index (χ0) is 22.6. The first-order valence-corrected chi connectivity index (χ1v) is 10.3. The number of hydrogen-bond donors (Lipinski definition) is 1. The molecule has 1 aromatic heterocycles. The molecule has 3 aromatic rings. The molecule has 2 aromatic carbocycles. The number of carbonyl (C=O) groups is 2. The minimum Gasteiger partial charge on any atom is -0.448 e. The average molecular weight is 429 g/mol. The molecular formula is C25H23N3O4. The lowest BCUT2D eigenvalue weighted by Gasteiger charge is -2.15. The number of rotatable bonds is 6. The number of benzene rings is 2. The fraction of sp³-hybridized carbons (Fsp3) is 0.240. The van der Waals surface area contributed by atoms with E-state index in [-0.39, 0.29) is 6.10 Å². The number of aromatic nitrogens is 2. The summed E-state index contributed by atoms with van der Waals surface area (Å²) in [6, 6.07) is 17.1. The first-order valence-electron chi connectivity index (χ1n) is 10.3. The van der Waals surface area contributed by atoms with Crippen molar-refractivity contribution in [1.29, 1.82) is 0 Å². The summed E-state index contributed by atoms with van der Waals surface area (Å²) in [5.74, 6) is 6.61. The van der Waals surface area contributed by atoms with Crippen molar-refractivity contribution in [3.05, 3.63) is 71.9 Å². The Balaban J connectivity index is 1.46. The molecule has 1 fully saturated rings. The van der Waals surface area contributed by atoms with E-state index in [1.165, 1.54) is 0 Å². The zero-order valence-corrected chi connectivity index (χ0v) is 17.9. The van der Waals surface area contributed by atoms with Gasteiger partial charge in [0.25, 0.3) is 6.47 Å². The number of nitrogens with one attached hydrogen (secondary N) is 1. The Bertz CT molecular complexity index is 1170. The van der Waals surface area contributed by atoms with E-state index < -0.39 is 11.7 Å².